The summed E-state index contributed by atoms with van der Waals surface area (Å²) in [6, 6.07) is 11.8. The zero-order chi connectivity index (χ0) is 15.8. The Morgan fingerprint density at radius 2 is 1.81 bits per heavy atom. The second-order valence-corrected chi connectivity index (χ2v) is 7.53. The summed E-state index contributed by atoms with van der Waals surface area (Å²) in [6.45, 7) is 9.88. The van der Waals surface area contributed by atoms with Gasteiger partial charge in [0.2, 0.25) is 9.76 Å². The highest BCUT2D eigenvalue weighted by Gasteiger charge is 2.41. The molecule has 1 aromatic rings. The summed E-state index contributed by atoms with van der Waals surface area (Å²) < 4.78 is 10.9. The highest BCUT2D eigenvalue weighted by atomic mass is 28.2. The van der Waals surface area contributed by atoms with E-state index in [4.69, 9.17) is 9.16 Å². The van der Waals surface area contributed by atoms with Crippen LogP contribution >= 0.6 is 0 Å². The molecule has 0 aromatic heterocycles. The molecule has 0 saturated carbocycles. The summed E-state index contributed by atoms with van der Waals surface area (Å²) in [5.41, 5.74) is 1.18. The second kappa shape index (κ2) is 8.72. The Morgan fingerprint density at radius 1 is 1.14 bits per heavy atom. The molecular weight excluding hydrogens is 276 g/mol. The molecule has 1 heterocycles. The van der Waals surface area contributed by atoms with Crippen LogP contribution < -0.4 is 0 Å². The standard InChI is InChI=1S/C14H22O.C4H8OSi/c1-6-14(15-5,13(2,3)4)12-10-8-7-9-11-12;1-2-4-6-5-3-1/h7-11H,6H2,1-5H3;1-4H2. The van der Waals surface area contributed by atoms with Crippen molar-refractivity contribution in [2.24, 2.45) is 5.41 Å². The van der Waals surface area contributed by atoms with Gasteiger partial charge in [0.1, 0.15) is 0 Å². The van der Waals surface area contributed by atoms with Crippen LogP contribution in [0.15, 0.2) is 30.3 Å². The Bertz CT molecular complexity index is 364. The Hall–Kier alpha value is -0.643. The van der Waals surface area contributed by atoms with Crippen molar-refractivity contribution < 1.29 is 9.16 Å². The van der Waals surface area contributed by atoms with E-state index in [1.54, 1.807) is 0 Å². The normalized spacial score (nSPS) is 18.3. The second-order valence-electron chi connectivity index (χ2n) is 6.45. The Balaban J connectivity index is 0.000000304. The van der Waals surface area contributed by atoms with Crippen LogP contribution in [0.5, 0.6) is 0 Å². The maximum absolute atomic E-state index is 5.84. The summed E-state index contributed by atoms with van der Waals surface area (Å²) in [6.07, 6.45) is 3.66. The van der Waals surface area contributed by atoms with Crippen molar-refractivity contribution in [2.75, 3.05) is 13.7 Å². The average Bonchev–Trinajstić information content (AvgIpc) is 2.51. The van der Waals surface area contributed by atoms with Crippen LogP contribution in [0.2, 0.25) is 6.04 Å². The van der Waals surface area contributed by atoms with Crippen LogP contribution in [0.4, 0.5) is 0 Å². The zero-order valence-corrected chi connectivity index (χ0v) is 15.2. The summed E-state index contributed by atoms with van der Waals surface area (Å²) in [5, 5.41) is 0. The van der Waals surface area contributed by atoms with E-state index in [-0.39, 0.29) is 11.0 Å². The third-order valence-electron chi connectivity index (χ3n) is 4.18. The number of benzene rings is 1. The molecule has 118 valence electrons. The highest BCUT2D eigenvalue weighted by molar-refractivity contribution is 6.27. The van der Waals surface area contributed by atoms with E-state index < -0.39 is 0 Å². The quantitative estimate of drug-likeness (QED) is 0.745. The van der Waals surface area contributed by atoms with Gasteiger partial charge in [-0.3, -0.25) is 0 Å². The molecule has 1 atom stereocenters. The Kier molecular flexibility index (Phi) is 7.64. The van der Waals surface area contributed by atoms with E-state index in [1.807, 2.05) is 13.2 Å². The maximum Gasteiger partial charge on any atom is 0.229 e. The van der Waals surface area contributed by atoms with E-state index in [0.717, 1.165) is 22.8 Å². The van der Waals surface area contributed by atoms with Gasteiger partial charge in [0.05, 0.1) is 5.60 Å². The number of hydrogen-bond acceptors (Lipinski definition) is 2. The minimum absolute atomic E-state index is 0.0951. The van der Waals surface area contributed by atoms with Crippen molar-refractivity contribution >= 4 is 9.76 Å². The minimum atomic E-state index is -0.186. The number of rotatable bonds is 3. The predicted molar refractivity (Wildman–Crippen MR) is 90.6 cm³/mol. The predicted octanol–water partition coefficient (Wildman–Crippen LogP) is 4.82. The van der Waals surface area contributed by atoms with Gasteiger partial charge >= 0.3 is 0 Å². The van der Waals surface area contributed by atoms with Gasteiger partial charge in [-0.05, 0) is 29.9 Å². The molecule has 3 heteroatoms. The lowest BCUT2D eigenvalue weighted by atomic mass is 9.70. The number of hydrogen-bond donors (Lipinski definition) is 0. The first-order valence-corrected chi connectivity index (χ1v) is 9.05. The molecule has 1 unspecified atom stereocenters. The number of ether oxygens (including phenoxy) is 1. The fourth-order valence-corrected chi connectivity index (χ4v) is 3.79. The van der Waals surface area contributed by atoms with Gasteiger partial charge in [0, 0.05) is 13.7 Å². The maximum atomic E-state index is 5.84. The summed E-state index contributed by atoms with van der Waals surface area (Å²) in [7, 11) is 2.61. The highest BCUT2D eigenvalue weighted by Crippen LogP contribution is 2.44. The van der Waals surface area contributed by atoms with Crippen molar-refractivity contribution in [1.29, 1.82) is 0 Å². The zero-order valence-electron chi connectivity index (χ0n) is 14.2. The molecular formula is C18H30O2Si. The first kappa shape index (κ1) is 18.4. The molecule has 2 nitrogen and oxygen atoms in total. The van der Waals surface area contributed by atoms with Crippen LogP contribution in [0.3, 0.4) is 0 Å². The molecule has 2 rings (SSSR count). The topological polar surface area (TPSA) is 18.5 Å². The van der Waals surface area contributed by atoms with E-state index in [9.17, 15) is 0 Å². The van der Waals surface area contributed by atoms with E-state index in [2.05, 4.69) is 52.0 Å². The van der Waals surface area contributed by atoms with Crippen LogP contribution in [0.25, 0.3) is 0 Å². The third-order valence-corrected chi connectivity index (χ3v) is 5.14. The lowest BCUT2D eigenvalue weighted by molar-refractivity contribution is -0.102. The van der Waals surface area contributed by atoms with Crippen molar-refractivity contribution in [2.45, 2.75) is 58.6 Å². The lowest BCUT2D eigenvalue weighted by Crippen LogP contribution is -2.41. The first-order chi connectivity index (χ1) is 9.98. The van der Waals surface area contributed by atoms with Gasteiger partial charge < -0.3 is 9.16 Å². The van der Waals surface area contributed by atoms with Crippen LogP contribution in [0.1, 0.15) is 52.5 Å². The van der Waals surface area contributed by atoms with Gasteiger partial charge in [-0.25, -0.2) is 0 Å². The molecule has 0 aliphatic carbocycles. The van der Waals surface area contributed by atoms with Crippen molar-refractivity contribution in [3.8, 4) is 0 Å². The van der Waals surface area contributed by atoms with Crippen molar-refractivity contribution in [1.82, 2.24) is 0 Å². The SMILES string of the molecule is C1CC[Si]OC1.CCC(OC)(c1ccccc1)C(C)(C)C. The molecule has 1 aromatic carbocycles. The molecule has 1 fully saturated rings. The Morgan fingerprint density at radius 3 is 2.10 bits per heavy atom. The fraction of sp³-hybridized carbons (Fsp3) is 0.667. The molecule has 2 radical (unpaired) electrons. The lowest BCUT2D eigenvalue weighted by Gasteiger charge is -2.43. The van der Waals surface area contributed by atoms with Crippen molar-refractivity contribution in [3.63, 3.8) is 0 Å². The number of methoxy groups -OCH3 is 1. The summed E-state index contributed by atoms with van der Waals surface area (Å²) >= 11 is 0. The van der Waals surface area contributed by atoms with Crippen LogP contribution in [-0.2, 0) is 14.8 Å². The van der Waals surface area contributed by atoms with Crippen molar-refractivity contribution in [3.05, 3.63) is 35.9 Å². The first-order valence-electron chi connectivity index (χ1n) is 7.93. The smallest absolute Gasteiger partial charge is 0.229 e. The minimum Gasteiger partial charge on any atom is -0.417 e. The van der Waals surface area contributed by atoms with Gasteiger partial charge in [-0.15, -0.1) is 0 Å². The third kappa shape index (κ3) is 4.94. The molecule has 0 N–H and O–H groups in total. The fourth-order valence-electron chi connectivity index (χ4n) is 2.96. The average molecular weight is 307 g/mol. The molecule has 1 aliphatic heterocycles. The largest absolute Gasteiger partial charge is 0.417 e. The van der Waals surface area contributed by atoms with Gasteiger partial charge in [-0.2, -0.15) is 0 Å². The monoisotopic (exact) mass is 306 g/mol. The molecule has 0 bridgehead atoms. The van der Waals surface area contributed by atoms with E-state index >= 15 is 0 Å². The van der Waals surface area contributed by atoms with E-state index in [0.29, 0.717) is 0 Å². The van der Waals surface area contributed by atoms with Crippen LogP contribution in [0, 0.1) is 5.41 Å². The molecule has 0 amide bonds. The van der Waals surface area contributed by atoms with Crippen LogP contribution in [-0.4, -0.2) is 23.5 Å². The molecule has 1 aliphatic rings. The summed E-state index contributed by atoms with van der Waals surface area (Å²) in [4.78, 5) is 0. The van der Waals surface area contributed by atoms with Gasteiger partial charge in [0.15, 0.2) is 0 Å². The Labute approximate surface area is 133 Å². The van der Waals surface area contributed by atoms with Gasteiger partial charge in [-0.1, -0.05) is 64.4 Å². The molecule has 0 spiro atoms. The molecule has 21 heavy (non-hydrogen) atoms. The molecule has 1 saturated heterocycles. The van der Waals surface area contributed by atoms with E-state index in [1.165, 1.54) is 24.4 Å². The van der Waals surface area contributed by atoms with Gasteiger partial charge in [0.25, 0.3) is 0 Å². The summed E-state index contributed by atoms with van der Waals surface area (Å²) in [5.74, 6) is 0.